The first-order valence-corrected chi connectivity index (χ1v) is 8.66. The molecule has 0 saturated heterocycles. The van der Waals surface area contributed by atoms with E-state index in [2.05, 4.69) is 30.6 Å². The minimum absolute atomic E-state index is 0.0649. The zero-order valence-electron chi connectivity index (χ0n) is 14.2. The van der Waals surface area contributed by atoms with Crippen molar-refractivity contribution in [2.45, 2.75) is 70.8 Å². The molecule has 1 aliphatic rings. The predicted molar refractivity (Wildman–Crippen MR) is 86.1 cm³/mol. The van der Waals surface area contributed by atoms with Gasteiger partial charge >= 0.3 is 0 Å². The summed E-state index contributed by atoms with van der Waals surface area (Å²) in [5.41, 5.74) is 0. The second-order valence-electron chi connectivity index (χ2n) is 6.34. The molecule has 0 unspecified atom stereocenters. The third-order valence-corrected chi connectivity index (χ3v) is 4.44. The lowest BCUT2D eigenvalue weighted by Crippen LogP contribution is -2.29. The minimum Gasteiger partial charge on any atom is -0.346 e. The molecule has 1 aliphatic carbocycles. The van der Waals surface area contributed by atoms with Crippen LogP contribution in [0.2, 0.25) is 0 Å². The minimum atomic E-state index is -0.181. The molecule has 1 atom stereocenters. The number of H-pyrrole nitrogens is 1. The summed E-state index contributed by atoms with van der Waals surface area (Å²) in [6, 6.07) is -0.181. The van der Waals surface area contributed by atoms with E-state index in [1.165, 1.54) is 12.8 Å². The highest BCUT2D eigenvalue weighted by Crippen LogP contribution is 2.32. The van der Waals surface area contributed by atoms with E-state index >= 15 is 0 Å². The Morgan fingerprint density at radius 2 is 2.17 bits per heavy atom. The van der Waals surface area contributed by atoms with Crippen LogP contribution >= 0.6 is 0 Å². The molecule has 1 amide bonds. The Labute approximate surface area is 140 Å². The lowest BCUT2D eigenvalue weighted by atomic mass is 10.1. The molecule has 0 spiro atoms. The average molecular weight is 332 g/mol. The van der Waals surface area contributed by atoms with Gasteiger partial charge in [0.15, 0.2) is 11.6 Å². The van der Waals surface area contributed by atoms with E-state index in [0.717, 1.165) is 30.9 Å². The van der Waals surface area contributed by atoms with Gasteiger partial charge in [0.1, 0.15) is 5.82 Å². The molecule has 0 aliphatic heterocycles. The largest absolute Gasteiger partial charge is 0.346 e. The molecule has 130 valence electrons. The number of carbonyl (C=O) groups excluding carboxylic acids is 1. The molecule has 8 nitrogen and oxygen atoms in total. The van der Waals surface area contributed by atoms with Crippen LogP contribution in [0.25, 0.3) is 0 Å². The molecule has 8 heteroatoms. The Hall–Kier alpha value is -2.25. The van der Waals surface area contributed by atoms with Crippen LogP contribution in [0.1, 0.15) is 80.8 Å². The van der Waals surface area contributed by atoms with Crippen molar-refractivity contribution in [2.75, 3.05) is 0 Å². The number of aromatic nitrogens is 5. The average Bonchev–Trinajstić information content (AvgIpc) is 3.31. The molecule has 2 heterocycles. The molecule has 3 rings (SSSR count). The highest BCUT2D eigenvalue weighted by molar-refractivity contribution is 5.76. The van der Waals surface area contributed by atoms with Gasteiger partial charge in [-0.25, -0.2) is 4.98 Å². The summed E-state index contributed by atoms with van der Waals surface area (Å²) < 4.78 is 5.28. The number of hydrogen-bond donors (Lipinski definition) is 2. The molecule has 0 bridgehead atoms. The molecule has 1 saturated carbocycles. The number of nitrogens with one attached hydrogen (secondary N) is 2. The van der Waals surface area contributed by atoms with Crippen LogP contribution in [-0.4, -0.2) is 31.2 Å². The Kier molecular flexibility index (Phi) is 5.22. The second-order valence-corrected chi connectivity index (χ2v) is 6.34. The maximum atomic E-state index is 12.2. The zero-order chi connectivity index (χ0) is 16.9. The molecule has 2 aromatic heterocycles. The SMILES string of the molecule is CC[C@@H](NC(=O)CCc1nc(C2CCCC2)no1)c1n[nH]c(C)n1. The van der Waals surface area contributed by atoms with Gasteiger partial charge in [-0.2, -0.15) is 10.1 Å². The number of nitrogens with zero attached hydrogens (tertiary/aromatic N) is 4. The highest BCUT2D eigenvalue weighted by Gasteiger charge is 2.23. The van der Waals surface area contributed by atoms with Crippen molar-refractivity contribution in [3.05, 3.63) is 23.4 Å². The fraction of sp³-hybridized carbons (Fsp3) is 0.688. The van der Waals surface area contributed by atoms with Crippen LogP contribution in [-0.2, 0) is 11.2 Å². The normalized spacial score (nSPS) is 16.4. The van der Waals surface area contributed by atoms with Gasteiger partial charge in [-0.1, -0.05) is 24.9 Å². The highest BCUT2D eigenvalue weighted by atomic mass is 16.5. The summed E-state index contributed by atoms with van der Waals surface area (Å²) in [4.78, 5) is 20.9. The summed E-state index contributed by atoms with van der Waals surface area (Å²) in [7, 11) is 0. The van der Waals surface area contributed by atoms with Gasteiger partial charge in [-0.3, -0.25) is 9.89 Å². The lowest BCUT2D eigenvalue weighted by Gasteiger charge is -2.13. The molecule has 2 aromatic rings. The zero-order valence-corrected chi connectivity index (χ0v) is 14.2. The summed E-state index contributed by atoms with van der Waals surface area (Å²) in [6.07, 6.45) is 6.23. The van der Waals surface area contributed by atoms with Crippen LogP contribution in [0, 0.1) is 6.92 Å². The number of carbonyl (C=O) groups is 1. The van der Waals surface area contributed by atoms with E-state index in [0.29, 0.717) is 30.5 Å². The Morgan fingerprint density at radius 3 is 2.83 bits per heavy atom. The van der Waals surface area contributed by atoms with Gasteiger partial charge in [-0.05, 0) is 26.2 Å². The van der Waals surface area contributed by atoms with Crippen molar-refractivity contribution in [3.63, 3.8) is 0 Å². The van der Waals surface area contributed by atoms with Crippen LogP contribution in [0.15, 0.2) is 4.52 Å². The molecule has 0 aromatic carbocycles. The van der Waals surface area contributed by atoms with Crippen molar-refractivity contribution >= 4 is 5.91 Å². The van der Waals surface area contributed by atoms with Crippen molar-refractivity contribution in [1.82, 2.24) is 30.6 Å². The van der Waals surface area contributed by atoms with Gasteiger partial charge < -0.3 is 9.84 Å². The van der Waals surface area contributed by atoms with Gasteiger partial charge in [0.05, 0.1) is 6.04 Å². The first-order valence-electron chi connectivity index (χ1n) is 8.66. The molecule has 2 N–H and O–H groups in total. The van der Waals surface area contributed by atoms with E-state index in [1.54, 1.807) is 0 Å². The molecule has 24 heavy (non-hydrogen) atoms. The molecule has 1 fully saturated rings. The number of aromatic amines is 1. The Bertz CT molecular complexity index is 674. The van der Waals surface area contributed by atoms with Crippen LogP contribution in [0.3, 0.4) is 0 Å². The fourth-order valence-electron chi connectivity index (χ4n) is 3.07. The Morgan fingerprint density at radius 1 is 1.38 bits per heavy atom. The topological polar surface area (TPSA) is 110 Å². The first kappa shape index (κ1) is 16.6. The number of amides is 1. The number of aryl methyl sites for hydroxylation is 2. The second kappa shape index (κ2) is 7.55. The van der Waals surface area contributed by atoms with Crippen molar-refractivity contribution in [2.24, 2.45) is 0 Å². The maximum Gasteiger partial charge on any atom is 0.227 e. The smallest absolute Gasteiger partial charge is 0.227 e. The van der Waals surface area contributed by atoms with Gasteiger partial charge in [0.25, 0.3) is 0 Å². The van der Waals surface area contributed by atoms with Gasteiger partial charge in [0.2, 0.25) is 11.8 Å². The fourth-order valence-corrected chi connectivity index (χ4v) is 3.07. The summed E-state index contributed by atoms with van der Waals surface area (Å²) >= 11 is 0. The van der Waals surface area contributed by atoms with Crippen molar-refractivity contribution in [3.8, 4) is 0 Å². The van der Waals surface area contributed by atoms with E-state index in [9.17, 15) is 4.79 Å². The lowest BCUT2D eigenvalue weighted by molar-refractivity contribution is -0.122. The summed E-state index contributed by atoms with van der Waals surface area (Å²) in [5, 5.41) is 13.9. The first-order chi connectivity index (χ1) is 11.7. The van der Waals surface area contributed by atoms with Crippen molar-refractivity contribution in [1.29, 1.82) is 0 Å². The van der Waals surface area contributed by atoms with E-state index < -0.39 is 0 Å². The Balaban J connectivity index is 1.49. The maximum absolute atomic E-state index is 12.2. The van der Waals surface area contributed by atoms with Crippen LogP contribution in [0.5, 0.6) is 0 Å². The predicted octanol–water partition coefficient (Wildman–Crippen LogP) is 2.35. The van der Waals surface area contributed by atoms with Crippen LogP contribution < -0.4 is 5.32 Å². The van der Waals surface area contributed by atoms with E-state index in [4.69, 9.17) is 4.52 Å². The number of hydrogen-bond acceptors (Lipinski definition) is 6. The third kappa shape index (κ3) is 3.98. The molecule has 0 radical (unpaired) electrons. The number of rotatable bonds is 7. The summed E-state index contributed by atoms with van der Waals surface area (Å²) in [6.45, 7) is 3.82. The summed E-state index contributed by atoms with van der Waals surface area (Å²) in [5.74, 6) is 3.05. The molecular weight excluding hydrogens is 308 g/mol. The quantitative estimate of drug-likeness (QED) is 0.805. The van der Waals surface area contributed by atoms with Crippen LogP contribution in [0.4, 0.5) is 0 Å². The van der Waals surface area contributed by atoms with E-state index in [-0.39, 0.29) is 11.9 Å². The van der Waals surface area contributed by atoms with Crippen molar-refractivity contribution < 1.29 is 9.32 Å². The molecular formula is C16H24N6O2. The standard InChI is InChI=1S/C16H24N6O2/c1-3-12(16-17-10(2)20-21-16)18-13(23)8-9-14-19-15(22-24-14)11-6-4-5-7-11/h11-12H,3-9H2,1-2H3,(H,18,23)(H,17,20,21)/t12-/m1/s1. The van der Waals surface area contributed by atoms with Gasteiger partial charge in [0, 0.05) is 18.8 Å². The van der Waals surface area contributed by atoms with Gasteiger partial charge in [-0.15, -0.1) is 0 Å². The third-order valence-electron chi connectivity index (χ3n) is 4.44. The van der Waals surface area contributed by atoms with E-state index in [1.807, 2.05) is 13.8 Å². The monoisotopic (exact) mass is 332 g/mol.